The summed E-state index contributed by atoms with van der Waals surface area (Å²) in [5.74, 6) is 0.906. The van der Waals surface area contributed by atoms with Crippen molar-refractivity contribution in [3.63, 3.8) is 0 Å². The molecule has 2 saturated heterocycles. The first-order chi connectivity index (χ1) is 13.1. The number of urea groups is 1. The molecule has 2 amide bonds. The fourth-order valence-electron chi connectivity index (χ4n) is 4.24. The van der Waals surface area contributed by atoms with Crippen molar-refractivity contribution in [2.75, 3.05) is 49.1 Å². The number of amides is 2. The van der Waals surface area contributed by atoms with E-state index < -0.39 is 0 Å². The zero-order chi connectivity index (χ0) is 18.4. The number of carbonyl (C=O) groups is 1. The maximum Gasteiger partial charge on any atom is 0.324 e. The van der Waals surface area contributed by atoms with E-state index in [9.17, 15) is 4.79 Å². The lowest BCUT2D eigenvalue weighted by Crippen LogP contribution is -2.74. The van der Waals surface area contributed by atoms with Crippen molar-refractivity contribution in [2.45, 2.75) is 6.61 Å². The van der Waals surface area contributed by atoms with Crippen LogP contribution in [0.3, 0.4) is 0 Å². The average molecular weight is 386 g/mol. The fraction of sp³-hybridized carbons (Fsp3) is 0.421. The Kier molecular flexibility index (Phi) is 3.94. The molecule has 0 unspecified atom stereocenters. The molecule has 7 nitrogen and oxygen atoms in total. The number of aromatic nitrogens is 2. The standard InChI is InChI=1S/C19H20ClN5O2/c20-15-1-2-16-14(7-15)9-27-6-5-25(16)18(26)24-12-19(13-24)10-23(11-19)17-8-21-3-4-22-17/h1-4,7-8H,5-6,9-13H2. The molecular weight excluding hydrogens is 366 g/mol. The first-order valence-corrected chi connectivity index (χ1v) is 9.45. The van der Waals surface area contributed by atoms with E-state index in [1.54, 1.807) is 18.6 Å². The predicted octanol–water partition coefficient (Wildman–Crippen LogP) is 2.41. The highest BCUT2D eigenvalue weighted by Crippen LogP contribution is 2.42. The summed E-state index contributed by atoms with van der Waals surface area (Å²) in [6.07, 6.45) is 5.18. The number of halogens is 1. The number of rotatable bonds is 1. The first kappa shape index (κ1) is 16.8. The molecule has 0 atom stereocenters. The van der Waals surface area contributed by atoms with E-state index in [-0.39, 0.29) is 11.4 Å². The van der Waals surface area contributed by atoms with Crippen molar-refractivity contribution in [3.05, 3.63) is 47.4 Å². The Morgan fingerprint density at radius 1 is 1.19 bits per heavy atom. The third-order valence-electron chi connectivity index (χ3n) is 5.53. The number of likely N-dealkylation sites (tertiary alicyclic amines) is 1. The Morgan fingerprint density at radius 3 is 2.81 bits per heavy atom. The molecule has 140 valence electrons. The predicted molar refractivity (Wildman–Crippen MR) is 102 cm³/mol. The Balaban J connectivity index is 1.25. The van der Waals surface area contributed by atoms with Crippen LogP contribution in [0.4, 0.5) is 16.3 Å². The van der Waals surface area contributed by atoms with Crippen molar-refractivity contribution in [1.29, 1.82) is 0 Å². The molecule has 0 aliphatic carbocycles. The van der Waals surface area contributed by atoms with E-state index in [0.29, 0.717) is 24.8 Å². The number of nitrogens with zero attached hydrogens (tertiary/aromatic N) is 5. The van der Waals surface area contributed by atoms with Crippen molar-refractivity contribution in [2.24, 2.45) is 5.41 Å². The molecule has 5 rings (SSSR count). The summed E-state index contributed by atoms with van der Waals surface area (Å²) < 4.78 is 5.63. The molecule has 27 heavy (non-hydrogen) atoms. The van der Waals surface area contributed by atoms with Gasteiger partial charge in [0.15, 0.2) is 0 Å². The number of hydrogen-bond acceptors (Lipinski definition) is 5. The smallest absolute Gasteiger partial charge is 0.324 e. The van der Waals surface area contributed by atoms with Crippen LogP contribution in [-0.4, -0.2) is 60.2 Å². The molecule has 0 radical (unpaired) electrons. The topological polar surface area (TPSA) is 61.8 Å². The van der Waals surface area contributed by atoms with E-state index in [4.69, 9.17) is 16.3 Å². The number of fused-ring (bicyclic) bond motifs is 1. The van der Waals surface area contributed by atoms with Crippen molar-refractivity contribution in [1.82, 2.24) is 14.9 Å². The number of anilines is 2. The summed E-state index contributed by atoms with van der Waals surface area (Å²) in [6, 6.07) is 5.67. The zero-order valence-corrected chi connectivity index (χ0v) is 15.6. The summed E-state index contributed by atoms with van der Waals surface area (Å²) in [6.45, 7) is 4.97. The normalized spacial score (nSPS) is 20.6. The quantitative estimate of drug-likeness (QED) is 0.754. The molecule has 2 fully saturated rings. The molecule has 1 aromatic heterocycles. The molecule has 0 N–H and O–H groups in total. The van der Waals surface area contributed by atoms with Gasteiger partial charge in [-0.25, -0.2) is 9.78 Å². The monoisotopic (exact) mass is 385 g/mol. The molecule has 3 aliphatic rings. The van der Waals surface area contributed by atoms with Gasteiger partial charge in [-0.2, -0.15) is 0 Å². The van der Waals surface area contributed by atoms with Crippen molar-refractivity contribution < 1.29 is 9.53 Å². The second-order valence-electron chi connectivity index (χ2n) is 7.54. The summed E-state index contributed by atoms with van der Waals surface area (Å²) in [4.78, 5) is 27.5. The van der Waals surface area contributed by atoms with Gasteiger partial charge < -0.3 is 14.5 Å². The van der Waals surface area contributed by atoms with Gasteiger partial charge in [-0.3, -0.25) is 9.88 Å². The largest absolute Gasteiger partial charge is 0.375 e. The van der Waals surface area contributed by atoms with Crippen LogP contribution in [0.1, 0.15) is 5.56 Å². The van der Waals surface area contributed by atoms with Crippen LogP contribution in [-0.2, 0) is 11.3 Å². The van der Waals surface area contributed by atoms with Crippen LogP contribution < -0.4 is 9.80 Å². The maximum atomic E-state index is 13.1. The van der Waals surface area contributed by atoms with E-state index in [1.165, 1.54) is 0 Å². The first-order valence-electron chi connectivity index (χ1n) is 9.07. The van der Waals surface area contributed by atoms with Crippen LogP contribution in [0.5, 0.6) is 0 Å². The van der Waals surface area contributed by atoms with Gasteiger partial charge in [0.1, 0.15) is 5.82 Å². The van der Waals surface area contributed by atoms with Crippen LogP contribution in [0, 0.1) is 5.41 Å². The fourth-order valence-corrected chi connectivity index (χ4v) is 4.43. The van der Waals surface area contributed by atoms with Crippen molar-refractivity contribution >= 4 is 29.1 Å². The van der Waals surface area contributed by atoms with Gasteiger partial charge in [0.25, 0.3) is 0 Å². The lowest BCUT2D eigenvalue weighted by molar-refractivity contribution is 0.00935. The minimum absolute atomic E-state index is 0.0488. The number of ether oxygens (including phenoxy) is 1. The zero-order valence-electron chi connectivity index (χ0n) is 14.8. The summed E-state index contributed by atoms with van der Waals surface area (Å²) >= 11 is 6.10. The molecule has 1 spiro atoms. The summed E-state index contributed by atoms with van der Waals surface area (Å²) in [5, 5.41) is 0.660. The number of hydrogen-bond donors (Lipinski definition) is 0. The number of carbonyl (C=O) groups excluding carboxylic acids is 1. The molecular formula is C19H20ClN5O2. The second-order valence-corrected chi connectivity index (χ2v) is 7.97. The van der Waals surface area contributed by atoms with Crippen LogP contribution in [0.25, 0.3) is 0 Å². The van der Waals surface area contributed by atoms with Gasteiger partial charge in [-0.1, -0.05) is 11.6 Å². The SMILES string of the molecule is O=C(N1CC2(C1)CN(c1cnccn1)C2)N1CCOCc2cc(Cl)ccc21. The second kappa shape index (κ2) is 6.35. The Labute approximate surface area is 162 Å². The molecule has 2 aromatic rings. The van der Waals surface area contributed by atoms with Gasteiger partial charge in [-0.15, -0.1) is 0 Å². The Bertz CT molecular complexity index is 864. The molecule has 0 saturated carbocycles. The lowest BCUT2D eigenvalue weighted by atomic mass is 9.73. The van der Waals surface area contributed by atoms with Crippen molar-refractivity contribution in [3.8, 4) is 0 Å². The molecule has 1 aromatic carbocycles. The minimum atomic E-state index is 0.0488. The third-order valence-corrected chi connectivity index (χ3v) is 5.76. The van der Waals surface area contributed by atoms with Crippen LogP contribution >= 0.6 is 11.6 Å². The van der Waals surface area contributed by atoms with Gasteiger partial charge >= 0.3 is 6.03 Å². The lowest BCUT2D eigenvalue weighted by Gasteiger charge is -2.60. The van der Waals surface area contributed by atoms with Crippen LogP contribution in [0.15, 0.2) is 36.8 Å². The molecule has 3 aliphatic heterocycles. The Morgan fingerprint density at radius 2 is 2.04 bits per heavy atom. The van der Waals surface area contributed by atoms with Gasteiger partial charge in [0, 0.05) is 54.6 Å². The molecule has 4 heterocycles. The highest BCUT2D eigenvalue weighted by molar-refractivity contribution is 6.30. The van der Waals surface area contributed by atoms with Gasteiger partial charge in [-0.05, 0) is 18.2 Å². The minimum Gasteiger partial charge on any atom is -0.375 e. The molecule has 0 bridgehead atoms. The van der Waals surface area contributed by atoms with Crippen LogP contribution in [0.2, 0.25) is 5.02 Å². The Hall–Kier alpha value is -2.38. The average Bonchev–Trinajstić information content (AvgIpc) is 2.82. The third kappa shape index (κ3) is 2.91. The van der Waals surface area contributed by atoms with Gasteiger partial charge in [0.2, 0.25) is 0 Å². The van der Waals surface area contributed by atoms with Gasteiger partial charge in [0.05, 0.1) is 31.6 Å². The van der Waals surface area contributed by atoms with E-state index in [2.05, 4.69) is 14.9 Å². The maximum absolute atomic E-state index is 13.1. The molecule has 8 heteroatoms. The highest BCUT2D eigenvalue weighted by atomic mass is 35.5. The summed E-state index contributed by atoms with van der Waals surface area (Å²) in [7, 11) is 0. The van der Waals surface area contributed by atoms with E-state index in [1.807, 2.05) is 28.0 Å². The van der Waals surface area contributed by atoms with E-state index >= 15 is 0 Å². The highest BCUT2D eigenvalue weighted by Gasteiger charge is 2.54. The number of benzene rings is 1. The van der Waals surface area contributed by atoms with E-state index in [0.717, 1.165) is 43.2 Å². The summed E-state index contributed by atoms with van der Waals surface area (Å²) in [5.41, 5.74) is 2.05.